The molecule has 0 unspecified atom stereocenters. The lowest BCUT2D eigenvalue weighted by Gasteiger charge is -2.11. The summed E-state index contributed by atoms with van der Waals surface area (Å²) >= 11 is 0. The topological polar surface area (TPSA) is 88.8 Å². The summed E-state index contributed by atoms with van der Waals surface area (Å²) in [6.45, 7) is 1.75. The lowest BCUT2D eigenvalue weighted by atomic mass is 9.98. The molecule has 0 atom stereocenters. The molecule has 4 aromatic rings. The fourth-order valence-corrected chi connectivity index (χ4v) is 3.25. The molecule has 3 aromatic carbocycles. The summed E-state index contributed by atoms with van der Waals surface area (Å²) < 4.78 is 5.50. The number of hydrogen-bond donors (Lipinski definition) is 2. The van der Waals surface area contributed by atoms with Gasteiger partial charge in [-0.1, -0.05) is 42.5 Å². The fraction of sp³-hybridized carbons (Fsp3) is 0.0435. The van der Waals surface area contributed by atoms with Gasteiger partial charge in [0, 0.05) is 11.5 Å². The van der Waals surface area contributed by atoms with Crippen molar-refractivity contribution in [1.29, 1.82) is 0 Å². The van der Waals surface area contributed by atoms with Crippen molar-refractivity contribution in [2.45, 2.75) is 6.92 Å². The third-order valence-corrected chi connectivity index (χ3v) is 4.56. The van der Waals surface area contributed by atoms with E-state index in [1.54, 1.807) is 31.2 Å². The Labute approximate surface area is 161 Å². The highest BCUT2D eigenvalue weighted by molar-refractivity contribution is 6.13. The van der Waals surface area contributed by atoms with Gasteiger partial charge in [0.15, 0.2) is 5.58 Å². The van der Waals surface area contributed by atoms with Gasteiger partial charge < -0.3 is 15.3 Å². The summed E-state index contributed by atoms with van der Waals surface area (Å²) in [6.07, 6.45) is 0. The van der Waals surface area contributed by atoms with Crippen molar-refractivity contribution in [3.8, 4) is 16.9 Å². The summed E-state index contributed by atoms with van der Waals surface area (Å²) in [5, 5.41) is 11.2. The van der Waals surface area contributed by atoms with Crippen LogP contribution >= 0.6 is 0 Å². The van der Waals surface area contributed by atoms with Crippen molar-refractivity contribution < 1.29 is 9.52 Å². The molecular formula is C23H18N2O3. The highest BCUT2D eigenvalue weighted by Crippen LogP contribution is 2.34. The SMILES string of the molecule is CC(=Nc1ccccc1N)c1c(O)ccc2c(-c3ccccc3)cc(=O)oc12. The first-order valence-corrected chi connectivity index (χ1v) is 8.80. The number of phenolic OH excluding ortho intramolecular Hbond substituents is 1. The van der Waals surface area contributed by atoms with Gasteiger partial charge in [0.25, 0.3) is 0 Å². The summed E-state index contributed by atoms with van der Waals surface area (Å²) in [7, 11) is 0. The number of nitrogens with two attached hydrogens (primary N) is 1. The minimum Gasteiger partial charge on any atom is -0.507 e. The van der Waals surface area contributed by atoms with Gasteiger partial charge in [-0.25, -0.2) is 4.79 Å². The Morgan fingerprint density at radius 2 is 1.71 bits per heavy atom. The van der Waals surface area contributed by atoms with E-state index >= 15 is 0 Å². The first-order chi connectivity index (χ1) is 13.5. The molecule has 3 N–H and O–H groups in total. The normalized spacial score (nSPS) is 11.7. The van der Waals surface area contributed by atoms with Gasteiger partial charge in [-0.3, -0.25) is 4.99 Å². The fourth-order valence-electron chi connectivity index (χ4n) is 3.25. The van der Waals surface area contributed by atoms with Crippen LogP contribution in [0.15, 0.2) is 87.0 Å². The van der Waals surface area contributed by atoms with Gasteiger partial charge >= 0.3 is 5.63 Å². The minimum absolute atomic E-state index is 0.0170. The lowest BCUT2D eigenvalue weighted by Crippen LogP contribution is -2.03. The smallest absolute Gasteiger partial charge is 0.336 e. The average molecular weight is 370 g/mol. The molecule has 0 aliphatic carbocycles. The molecule has 0 saturated carbocycles. The van der Waals surface area contributed by atoms with Gasteiger partial charge in [0.2, 0.25) is 0 Å². The Kier molecular flexibility index (Phi) is 4.41. The second-order valence-electron chi connectivity index (χ2n) is 6.44. The molecule has 5 nitrogen and oxygen atoms in total. The Hall–Kier alpha value is -3.86. The van der Waals surface area contributed by atoms with Gasteiger partial charge in [0.05, 0.1) is 22.6 Å². The largest absolute Gasteiger partial charge is 0.507 e. The maximum Gasteiger partial charge on any atom is 0.336 e. The van der Waals surface area contributed by atoms with E-state index in [0.29, 0.717) is 33.6 Å². The van der Waals surface area contributed by atoms with Crippen molar-refractivity contribution in [1.82, 2.24) is 0 Å². The summed E-state index contributed by atoms with van der Waals surface area (Å²) in [5.41, 5.74) is 9.37. The highest BCUT2D eigenvalue weighted by Gasteiger charge is 2.17. The van der Waals surface area contributed by atoms with Gasteiger partial charge in [-0.2, -0.15) is 0 Å². The van der Waals surface area contributed by atoms with E-state index < -0.39 is 5.63 Å². The number of anilines is 1. The molecule has 0 bridgehead atoms. The molecule has 0 saturated heterocycles. The van der Waals surface area contributed by atoms with E-state index in [1.165, 1.54) is 6.07 Å². The minimum atomic E-state index is -0.495. The van der Waals surface area contributed by atoms with E-state index in [1.807, 2.05) is 42.5 Å². The predicted octanol–water partition coefficient (Wildman–Crippen LogP) is 4.89. The molecule has 0 aliphatic heterocycles. The molecule has 5 heteroatoms. The van der Waals surface area contributed by atoms with Crippen molar-refractivity contribution in [2.24, 2.45) is 4.99 Å². The Morgan fingerprint density at radius 3 is 2.46 bits per heavy atom. The third kappa shape index (κ3) is 3.14. The molecule has 138 valence electrons. The van der Waals surface area contributed by atoms with Crippen LogP contribution in [0.25, 0.3) is 22.1 Å². The molecule has 1 aromatic heterocycles. The second kappa shape index (κ2) is 7.04. The number of aliphatic imine (C=N–C) groups is 1. The first-order valence-electron chi connectivity index (χ1n) is 8.80. The van der Waals surface area contributed by atoms with Gasteiger partial charge in [0.1, 0.15) is 5.75 Å². The van der Waals surface area contributed by atoms with E-state index in [-0.39, 0.29) is 5.75 Å². The number of hydrogen-bond acceptors (Lipinski definition) is 5. The summed E-state index contributed by atoms with van der Waals surface area (Å²) in [4.78, 5) is 16.8. The number of nitrogens with zero attached hydrogens (tertiary/aromatic N) is 1. The Morgan fingerprint density at radius 1 is 1.00 bits per heavy atom. The van der Waals surface area contributed by atoms with Gasteiger partial charge in [-0.15, -0.1) is 0 Å². The predicted molar refractivity (Wildman–Crippen MR) is 112 cm³/mol. The number of fused-ring (bicyclic) bond motifs is 1. The zero-order chi connectivity index (χ0) is 19.7. The maximum atomic E-state index is 12.3. The van der Waals surface area contributed by atoms with Crippen LogP contribution in [0.5, 0.6) is 5.75 Å². The Bertz CT molecular complexity index is 1260. The monoisotopic (exact) mass is 370 g/mol. The third-order valence-electron chi connectivity index (χ3n) is 4.56. The molecule has 0 spiro atoms. The number of nitrogen functional groups attached to an aromatic ring is 1. The highest BCUT2D eigenvalue weighted by atomic mass is 16.4. The molecule has 0 fully saturated rings. The van der Waals surface area contributed by atoms with Crippen molar-refractivity contribution >= 4 is 28.1 Å². The van der Waals surface area contributed by atoms with Crippen molar-refractivity contribution in [3.05, 3.63) is 88.8 Å². The zero-order valence-corrected chi connectivity index (χ0v) is 15.2. The molecule has 28 heavy (non-hydrogen) atoms. The number of para-hydroxylation sites is 2. The van der Waals surface area contributed by atoms with Crippen LogP contribution in [-0.2, 0) is 0 Å². The standard InChI is InChI=1S/C23H18N2O3/c1-14(25-19-10-6-5-9-18(19)24)22-20(26)12-11-16-17(13-21(27)28-23(16)22)15-7-3-2-4-8-15/h2-13,26H,24H2,1H3. The van der Waals surface area contributed by atoms with Crippen molar-refractivity contribution in [3.63, 3.8) is 0 Å². The number of benzene rings is 3. The van der Waals surface area contributed by atoms with Crippen LogP contribution in [0.1, 0.15) is 12.5 Å². The molecule has 0 aliphatic rings. The first kappa shape index (κ1) is 17.5. The molecule has 0 amide bonds. The van der Waals surface area contributed by atoms with Crippen LogP contribution in [0.2, 0.25) is 0 Å². The van der Waals surface area contributed by atoms with Gasteiger partial charge in [-0.05, 0) is 42.3 Å². The zero-order valence-electron chi connectivity index (χ0n) is 15.2. The maximum absolute atomic E-state index is 12.3. The number of phenols is 1. The molecule has 0 radical (unpaired) electrons. The molecule has 4 rings (SSSR count). The van der Waals surface area contributed by atoms with Crippen LogP contribution in [0.3, 0.4) is 0 Å². The number of rotatable bonds is 3. The number of aromatic hydroxyl groups is 1. The van der Waals surface area contributed by atoms with Crippen LogP contribution in [0, 0.1) is 0 Å². The molecule has 1 heterocycles. The molecular weight excluding hydrogens is 352 g/mol. The van der Waals surface area contributed by atoms with Crippen LogP contribution < -0.4 is 11.4 Å². The lowest BCUT2D eigenvalue weighted by molar-refractivity contribution is 0.472. The van der Waals surface area contributed by atoms with Crippen molar-refractivity contribution in [2.75, 3.05) is 5.73 Å². The van der Waals surface area contributed by atoms with Crippen LogP contribution in [0.4, 0.5) is 11.4 Å². The quantitative estimate of drug-likeness (QED) is 0.305. The van der Waals surface area contributed by atoms with Crippen LogP contribution in [-0.4, -0.2) is 10.8 Å². The summed E-state index contributed by atoms with van der Waals surface area (Å²) in [6, 6.07) is 21.5. The van der Waals surface area contributed by atoms with E-state index in [2.05, 4.69) is 4.99 Å². The summed E-state index contributed by atoms with van der Waals surface area (Å²) in [5.74, 6) is -0.0170. The van der Waals surface area contributed by atoms with E-state index in [4.69, 9.17) is 10.2 Å². The van der Waals surface area contributed by atoms with E-state index in [9.17, 15) is 9.90 Å². The second-order valence-corrected chi connectivity index (χ2v) is 6.44. The Balaban J connectivity index is 2.00. The van der Waals surface area contributed by atoms with E-state index in [0.717, 1.165) is 11.1 Å². The average Bonchev–Trinajstić information content (AvgIpc) is 2.69.